The second-order valence-electron chi connectivity index (χ2n) is 5.16. The lowest BCUT2D eigenvalue weighted by Crippen LogP contribution is -2.16. The normalized spacial score (nSPS) is 10.9. The SMILES string of the molecule is CCc1nc2cc(C)ccn2c1C(=O)Nc1cccc(F)c1. The van der Waals surface area contributed by atoms with Crippen LogP contribution < -0.4 is 5.32 Å². The van der Waals surface area contributed by atoms with Gasteiger partial charge in [0.15, 0.2) is 0 Å². The maximum Gasteiger partial charge on any atom is 0.274 e. The summed E-state index contributed by atoms with van der Waals surface area (Å²) in [5.74, 6) is -0.680. The van der Waals surface area contributed by atoms with E-state index in [2.05, 4.69) is 10.3 Å². The highest BCUT2D eigenvalue weighted by Crippen LogP contribution is 2.17. The minimum absolute atomic E-state index is 0.293. The first kappa shape index (κ1) is 14.3. The molecule has 3 rings (SSSR count). The van der Waals surface area contributed by atoms with E-state index >= 15 is 0 Å². The molecule has 1 aromatic carbocycles. The maximum absolute atomic E-state index is 13.2. The maximum atomic E-state index is 13.2. The summed E-state index contributed by atoms with van der Waals surface area (Å²) in [7, 11) is 0. The number of nitrogens with zero attached hydrogens (tertiary/aromatic N) is 2. The molecular formula is C17H16FN3O. The standard InChI is InChI=1S/C17H16FN3O/c1-3-14-16(21-8-7-11(2)9-15(21)20-14)17(22)19-13-6-4-5-12(18)10-13/h4-10H,3H2,1-2H3,(H,19,22). The van der Waals surface area contributed by atoms with Crippen molar-refractivity contribution in [2.45, 2.75) is 20.3 Å². The smallest absolute Gasteiger partial charge is 0.274 e. The van der Waals surface area contributed by atoms with Crippen molar-refractivity contribution < 1.29 is 9.18 Å². The Morgan fingerprint density at radius 1 is 1.32 bits per heavy atom. The third-order valence-electron chi connectivity index (χ3n) is 3.49. The summed E-state index contributed by atoms with van der Waals surface area (Å²) in [6.07, 6.45) is 2.48. The Labute approximate surface area is 127 Å². The van der Waals surface area contributed by atoms with Crippen molar-refractivity contribution in [1.29, 1.82) is 0 Å². The van der Waals surface area contributed by atoms with Crippen LogP contribution in [0, 0.1) is 12.7 Å². The Morgan fingerprint density at radius 3 is 2.86 bits per heavy atom. The number of anilines is 1. The van der Waals surface area contributed by atoms with Gasteiger partial charge in [0.25, 0.3) is 5.91 Å². The fraction of sp³-hybridized carbons (Fsp3) is 0.176. The zero-order valence-electron chi connectivity index (χ0n) is 12.4. The monoisotopic (exact) mass is 297 g/mol. The van der Waals surface area contributed by atoms with Gasteiger partial charge < -0.3 is 5.32 Å². The van der Waals surface area contributed by atoms with Crippen molar-refractivity contribution in [3.8, 4) is 0 Å². The van der Waals surface area contributed by atoms with Gasteiger partial charge in [-0.15, -0.1) is 0 Å². The van der Waals surface area contributed by atoms with Gasteiger partial charge in [-0.25, -0.2) is 9.37 Å². The molecule has 0 fully saturated rings. The summed E-state index contributed by atoms with van der Waals surface area (Å²) in [5, 5.41) is 2.73. The number of rotatable bonds is 3. The molecule has 2 aromatic heterocycles. The molecule has 0 radical (unpaired) electrons. The molecule has 22 heavy (non-hydrogen) atoms. The van der Waals surface area contributed by atoms with Crippen molar-refractivity contribution in [3.05, 3.63) is 65.4 Å². The highest BCUT2D eigenvalue weighted by atomic mass is 19.1. The minimum atomic E-state index is -0.387. The van der Waals surface area contributed by atoms with Crippen LogP contribution in [0.15, 0.2) is 42.6 Å². The molecule has 3 aromatic rings. The van der Waals surface area contributed by atoms with Gasteiger partial charge in [0.2, 0.25) is 0 Å². The molecule has 5 heteroatoms. The number of amides is 1. The molecule has 0 atom stereocenters. The van der Waals surface area contributed by atoms with Crippen LogP contribution in [0.4, 0.5) is 10.1 Å². The molecule has 0 saturated carbocycles. The average molecular weight is 297 g/mol. The van der Waals surface area contributed by atoms with Gasteiger partial charge in [-0.2, -0.15) is 0 Å². The van der Waals surface area contributed by atoms with Gasteiger partial charge in [0.1, 0.15) is 17.2 Å². The fourth-order valence-electron chi connectivity index (χ4n) is 2.44. The van der Waals surface area contributed by atoms with Gasteiger partial charge in [-0.1, -0.05) is 13.0 Å². The second kappa shape index (κ2) is 5.60. The molecule has 0 aliphatic heterocycles. The molecule has 0 aliphatic rings. The number of carbonyl (C=O) groups is 1. The van der Waals surface area contributed by atoms with E-state index in [0.29, 0.717) is 17.8 Å². The molecule has 112 valence electrons. The van der Waals surface area contributed by atoms with Crippen LogP contribution in [0.2, 0.25) is 0 Å². The van der Waals surface area contributed by atoms with E-state index in [1.807, 2.05) is 32.2 Å². The number of pyridine rings is 1. The van der Waals surface area contributed by atoms with E-state index < -0.39 is 0 Å². The predicted molar refractivity (Wildman–Crippen MR) is 83.7 cm³/mol. The molecule has 0 spiro atoms. The van der Waals surface area contributed by atoms with Gasteiger partial charge in [0.05, 0.1) is 5.69 Å². The molecule has 1 amide bonds. The van der Waals surface area contributed by atoms with E-state index in [1.165, 1.54) is 12.1 Å². The second-order valence-corrected chi connectivity index (χ2v) is 5.16. The lowest BCUT2D eigenvalue weighted by Gasteiger charge is -2.07. The van der Waals surface area contributed by atoms with Gasteiger partial charge in [-0.05, 0) is 49.2 Å². The number of imidazole rings is 1. The highest BCUT2D eigenvalue weighted by Gasteiger charge is 2.18. The van der Waals surface area contributed by atoms with Crippen LogP contribution in [0.1, 0.15) is 28.7 Å². The first-order valence-corrected chi connectivity index (χ1v) is 7.13. The van der Waals surface area contributed by atoms with Gasteiger partial charge in [0, 0.05) is 11.9 Å². The van der Waals surface area contributed by atoms with Crippen molar-refractivity contribution in [1.82, 2.24) is 9.38 Å². The first-order chi connectivity index (χ1) is 10.6. The number of carbonyl (C=O) groups excluding carboxylic acids is 1. The number of nitrogens with one attached hydrogen (secondary N) is 1. The quantitative estimate of drug-likeness (QED) is 0.803. The molecule has 0 unspecified atom stereocenters. The lowest BCUT2D eigenvalue weighted by atomic mass is 10.2. The van der Waals surface area contributed by atoms with E-state index in [0.717, 1.165) is 16.9 Å². The van der Waals surface area contributed by atoms with Crippen LogP contribution in [-0.4, -0.2) is 15.3 Å². The topological polar surface area (TPSA) is 46.4 Å². The lowest BCUT2D eigenvalue weighted by molar-refractivity contribution is 0.102. The van der Waals surface area contributed by atoms with Gasteiger partial charge >= 0.3 is 0 Å². The summed E-state index contributed by atoms with van der Waals surface area (Å²) < 4.78 is 15.0. The molecule has 0 bridgehead atoms. The summed E-state index contributed by atoms with van der Waals surface area (Å²) in [5.41, 5.74) is 3.45. The van der Waals surface area contributed by atoms with E-state index in [4.69, 9.17) is 0 Å². The zero-order chi connectivity index (χ0) is 15.7. The molecular weight excluding hydrogens is 281 g/mol. The summed E-state index contributed by atoms with van der Waals surface area (Å²) in [4.78, 5) is 17.1. The minimum Gasteiger partial charge on any atom is -0.321 e. The Balaban J connectivity index is 2.03. The van der Waals surface area contributed by atoms with Crippen molar-refractivity contribution in [2.24, 2.45) is 0 Å². The first-order valence-electron chi connectivity index (χ1n) is 7.13. The number of hydrogen-bond donors (Lipinski definition) is 1. The fourth-order valence-corrected chi connectivity index (χ4v) is 2.44. The van der Waals surface area contributed by atoms with Crippen molar-refractivity contribution >= 4 is 17.2 Å². The van der Waals surface area contributed by atoms with E-state index in [9.17, 15) is 9.18 Å². The Bertz CT molecular complexity index is 854. The predicted octanol–water partition coefficient (Wildman–Crippen LogP) is 3.60. The Morgan fingerprint density at radius 2 is 2.14 bits per heavy atom. The third kappa shape index (κ3) is 2.57. The Hall–Kier alpha value is -2.69. The van der Waals surface area contributed by atoms with Crippen LogP contribution in [0.25, 0.3) is 5.65 Å². The molecule has 0 saturated heterocycles. The largest absolute Gasteiger partial charge is 0.321 e. The summed E-state index contributed by atoms with van der Waals surface area (Å²) in [6, 6.07) is 9.69. The number of hydrogen-bond acceptors (Lipinski definition) is 2. The number of halogens is 1. The van der Waals surface area contributed by atoms with Crippen LogP contribution in [0.3, 0.4) is 0 Å². The summed E-state index contributed by atoms with van der Waals surface area (Å²) in [6.45, 7) is 3.93. The van der Waals surface area contributed by atoms with Crippen LogP contribution >= 0.6 is 0 Å². The van der Waals surface area contributed by atoms with Gasteiger partial charge in [-0.3, -0.25) is 9.20 Å². The van der Waals surface area contributed by atoms with Crippen LogP contribution in [-0.2, 0) is 6.42 Å². The number of fused-ring (bicyclic) bond motifs is 1. The zero-order valence-corrected chi connectivity index (χ0v) is 12.4. The van der Waals surface area contributed by atoms with Crippen molar-refractivity contribution in [2.75, 3.05) is 5.32 Å². The number of aryl methyl sites for hydroxylation is 2. The molecule has 4 nitrogen and oxygen atoms in total. The molecule has 0 aliphatic carbocycles. The van der Waals surface area contributed by atoms with E-state index in [1.54, 1.807) is 16.5 Å². The highest BCUT2D eigenvalue weighted by molar-refractivity contribution is 6.04. The third-order valence-corrected chi connectivity index (χ3v) is 3.49. The van der Waals surface area contributed by atoms with Crippen LogP contribution in [0.5, 0.6) is 0 Å². The average Bonchev–Trinajstić information content (AvgIpc) is 2.84. The van der Waals surface area contributed by atoms with Crippen molar-refractivity contribution in [3.63, 3.8) is 0 Å². The Kier molecular flexibility index (Phi) is 3.63. The number of aromatic nitrogens is 2. The molecule has 1 N–H and O–H groups in total. The number of benzene rings is 1. The summed E-state index contributed by atoms with van der Waals surface area (Å²) >= 11 is 0. The molecule has 2 heterocycles. The van der Waals surface area contributed by atoms with E-state index in [-0.39, 0.29) is 11.7 Å².